The first-order valence-corrected chi connectivity index (χ1v) is 1.98. The highest BCUT2D eigenvalue weighted by molar-refractivity contribution is 7.97. The second-order valence-corrected chi connectivity index (χ2v) is 1.49. The Morgan fingerprint density at radius 3 is 1.86 bits per heavy atom. The molecule has 0 aromatic carbocycles. The number of hydrogen-bond donors (Lipinski definition) is 1. The molecule has 0 aliphatic heterocycles. The van der Waals surface area contributed by atoms with E-state index in [1.165, 1.54) is 0 Å². The van der Waals surface area contributed by atoms with Crippen LogP contribution in [0.1, 0.15) is 6.92 Å². The van der Waals surface area contributed by atoms with Crippen LogP contribution in [0.5, 0.6) is 0 Å². The Balaban J connectivity index is 0. The monoisotopic (exact) mass is 138 g/mol. The summed E-state index contributed by atoms with van der Waals surface area (Å²) in [5, 5.41) is -0.241. The third-order valence-corrected chi connectivity index (χ3v) is 0.747. The van der Waals surface area contributed by atoms with E-state index in [1.807, 2.05) is 0 Å². The molecule has 0 atom stereocenters. The Kier molecular flexibility index (Phi) is 6.09. The molecule has 0 fully saturated rings. The molecule has 0 aromatic heterocycles. The fourth-order valence-corrected chi connectivity index (χ4v) is 0. The van der Waals surface area contributed by atoms with Crippen molar-refractivity contribution in [3.63, 3.8) is 0 Å². The Morgan fingerprint density at radius 1 is 1.71 bits per heavy atom. The fraction of sp³-hybridized carbons (Fsp3) is 0.250. The zero-order chi connectivity index (χ0) is 5.15. The molecule has 0 aliphatic carbocycles. The summed E-state index contributed by atoms with van der Waals surface area (Å²) in [7, 11) is 0. The molecule has 0 heterocycles. The minimum absolute atomic E-state index is 0. The van der Waals surface area contributed by atoms with Crippen molar-refractivity contribution < 1.29 is 4.79 Å². The smallest absolute Gasteiger partial charge is 0.211 e. The molecule has 0 radical (unpaired) electrons. The maximum atomic E-state index is 9.91. The zero-order valence-corrected chi connectivity index (χ0v) is 5.68. The van der Waals surface area contributed by atoms with Gasteiger partial charge in [0, 0.05) is 0 Å². The van der Waals surface area contributed by atoms with E-state index < -0.39 is 0 Å². The van der Waals surface area contributed by atoms with E-state index in [-0.39, 0.29) is 17.5 Å². The van der Waals surface area contributed by atoms with Crippen LogP contribution in [0.4, 0.5) is 0 Å². The van der Waals surface area contributed by atoms with Crippen LogP contribution in [-0.2, 0) is 4.79 Å². The highest BCUT2D eigenvalue weighted by Gasteiger charge is 1.87. The van der Waals surface area contributed by atoms with Gasteiger partial charge in [0.05, 0.1) is 0 Å². The second-order valence-electron chi connectivity index (χ2n) is 1.09. The minimum atomic E-state index is -0.241. The first-order chi connectivity index (χ1) is 2.64. The molecular weight excluding hydrogens is 132 g/mol. The van der Waals surface area contributed by atoms with Crippen LogP contribution in [-0.4, -0.2) is 5.12 Å². The summed E-state index contributed by atoms with van der Waals surface area (Å²) in [4.78, 5) is 9.91. The molecule has 0 rings (SSSR count). The van der Waals surface area contributed by atoms with E-state index >= 15 is 0 Å². The van der Waals surface area contributed by atoms with Crippen LogP contribution in [0.2, 0.25) is 0 Å². The molecule has 0 aliphatic rings. The number of halogens is 1. The Labute approximate surface area is 54.6 Å². The Morgan fingerprint density at radius 2 is 1.86 bits per heavy atom. The first kappa shape index (κ1) is 10.1. The summed E-state index contributed by atoms with van der Waals surface area (Å²) < 4.78 is 0. The van der Waals surface area contributed by atoms with E-state index in [4.69, 9.17) is 0 Å². The summed E-state index contributed by atoms with van der Waals surface area (Å²) >= 11 is 3.45. The third kappa shape index (κ3) is 6.05. The molecule has 0 bridgehead atoms. The van der Waals surface area contributed by atoms with Crippen molar-refractivity contribution in [1.29, 1.82) is 0 Å². The van der Waals surface area contributed by atoms with E-state index in [1.54, 1.807) is 6.92 Å². The van der Waals surface area contributed by atoms with Crippen molar-refractivity contribution in [2.24, 2.45) is 0 Å². The van der Waals surface area contributed by atoms with Gasteiger partial charge >= 0.3 is 0 Å². The van der Waals surface area contributed by atoms with Crippen LogP contribution < -0.4 is 0 Å². The van der Waals surface area contributed by atoms with Crippen molar-refractivity contribution in [3.05, 3.63) is 12.2 Å². The molecule has 7 heavy (non-hydrogen) atoms. The number of carbonyl (C=O) groups is 1. The molecule has 3 heteroatoms. The molecule has 42 valence electrons. The topological polar surface area (TPSA) is 17.1 Å². The van der Waals surface area contributed by atoms with Gasteiger partial charge < -0.3 is 0 Å². The van der Waals surface area contributed by atoms with E-state index in [9.17, 15) is 4.79 Å². The van der Waals surface area contributed by atoms with Gasteiger partial charge in [-0.1, -0.05) is 6.58 Å². The summed E-state index contributed by atoms with van der Waals surface area (Å²) in [5.74, 6) is 0. The number of hydrogen-bond acceptors (Lipinski definition) is 1. The van der Waals surface area contributed by atoms with Crippen molar-refractivity contribution in [1.82, 2.24) is 0 Å². The van der Waals surface area contributed by atoms with Gasteiger partial charge in [-0.2, -0.15) is 0 Å². The lowest BCUT2D eigenvalue weighted by molar-refractivity contribution is -0.107. The molecule has 0 aromatic rings. The molecule has 0 saturated heterocycles. The highest BCUT2D eigenvalue weighted by Crippen LogP contribution is 1.90. The standard InChI is InChI=1S/C4H6OS.ClH/c1-3(2)4(5)6;/h1H2,2H3,(H,5,6);1H. The average molecular weight is 139 g/mol. The molecule has 0 N–H and O–H groups in total. The van der Waals surface area contributed by atoms with E-state index in [2.05, 4.69) is 19.2 Å². The maximum Gasteiger partial charge on any atom is 0.211 e. The van der Waals surface area contributed by atoms with Crippen LogP contribution in [0.3, 0.4) is 0 Å². The van der Waals surface area contributed by atoms with Crippen molar-refractivity contribution in [2.45, 2.75) is 6.92 Å². The lowest BCUT2D eigenvalue weighted by Gasteiger charge is -1.79. The van der Waals surface area contributed by atoms with E-state index in [0.29, 0.717) is 5.57 Å². The fourth-order valence-electron chi connectivity index (χ4n) is 0. The second kappa shape index (κ2) is 4.22. The molecular formula is C4H7ClOS. The number of thiol groups is 1. The van der Waals surface area contributed by atoms with Gasteiger partial charge in [0.2, 0.25) is 5.12 Å². The van der Waals surface area contributed by atoms with Crippen molar-refractivity contribution in [2.75, 3.05) is 0 Å². The minimum Gasteiger partial charge on any atom is -0.282 e. The van der Waals surface area contributed by atoms with Crippen LogP contribution in [0, 0.1) is 0 Å². The van der Waals surface area contributed by atoms with Crippen LogP contribution >= 0.6 is 25.0 Å². The SMILES string of the molecule is C=C(C)C(=O)S.Cl. The predicted molar refractivity (Wildman–Crippen MR) is 36.1 cm³/mol. The zero-order valence-electron chi connectivity index (χ0n) is 3.97. The van der Waals surface area contributed by atoms with Gasteiger partial charge in [0.25, 0.3) is 0 Å². The van der Waals surface area contributed by atoms with E-state index in [0.717, 1.165) is 0 Å². The largest absolute Gasteiger partial charge is 0.282 e. The van der Waals surface area contributed by atoms with Gasteiger partial charge in [0.15, 0.2) is 0 Å². The normalized spacial score (nSPS) is 6.57. The lowest BCUT2D eigenvalue weighted by atomic mass is 10.4. The first-order valence-electron chi connectivity index (χ1n) is 1.53. The van der Waals surface area contributed by atoms with Crippen LogP contribution in [0.25, 0.3) is 0 Å². The molecule has 1 nitrogen and oxygen atoms in total. The van der Waals surface area contributed by atoms with Gasteiger partial charge in [-0.15, -0.1) is 25.0 Å². The quantitative estimate of drug-likeness (QED) is 0.429. The van der Waals surface area contributed by atoms with Gasteiger partial charge in [-0.3, -0.25) is 4.79 Å². The lowest BCUT2D eigenvalue weighted by Crippen LogP contribution is -1.81. The Hall–Kier alpha value is 0.0500. The molecule has 0 amide bonds. The maximum absolute atomic E-state index is 9.91. The summed E-state index contributed by atoms with van der Waals surface area (Å²) in [6, 6.07) is 0. The average Bonchev–Trinajstić information content (AvgIpc) is 1.36. The van der Waals surface area contributed by atoms with Gasteiger partial charge in [0.1, 0.15) is 0 Å². The number of carbonyl (C=O) groups excluding carboxylic acids is 1. The molecule has 0 unspecified atom stereocenters. The molecule has 0 spiro atoms. The Bertz CT molecular complexity index is 77.7. The van der Waals surface area contributed by atoms with Crippen molar-refractivity contribution >= 4 is 30.2 Å². The molecule has 0 saturated carbocycles. The van der Waals surface area contributed by atoms with Crippen LogP contribution in [0.15, 0.2) is 12.2 Å². The summed E-state index contributed by atoms with van der Waals surface area (Å²) in [6.07, 6.45) is 0. The predicted octanol–water partition coefficient (Wildman–Crippen LogP) is 1.44. The summed E-state index contributed by atoms with van der Waals surface area (Å²) in [5.41, 5.74) is 0.485. The highest BCUT2D eigenvalue weighted by atomic mass is 35.5. The van der Waals surface area contributed by atoms with Crippen molar-refractivity contribution in [3.8, 4) is 0 Å². The third-order valence-electron chi connectivity index (χ3n) is 0.365. The van der Waals surface area contributed by atoms with Gasteiger partial charge in [-0.05, 0) is 12.5 Å². The summed E-state index contributed by atoms with van der Waals surface area (Å²) in [6.45, 7) is 4.95. The number of rotatable bonds is 1. The van der Waals surface area contributed by atoms with Gasteiger partial charge in [-0.25, -0.2) is 0 Å².